The molecule has 2 rings (SSSR count). The van der Waals surface area contributed by atoms with E-state index in [0.29, 0.717) is 17.1 Å². The van der Waals surface area contributed by atoms with Crippen LogP contribution in [0.2, 0.25) is 0 Å². The summed E-state index contributed by atoms with van der Waals surface area (Å²) in [5.74, 6) is 0.507. The fourth-order valence-electron chi connectivity index (χ4n) is 2.53. The molecule has 0 aliphatic heterocycles. The molecule has 1 aromatic heterocycles. The molecule has 0 spiro atoms. The maximum absolute atomic E-state index is 12.8. The lowest BCUT2D eigenvalue weighted by atomic mass is 10.1. The van der Waals surface area contributed by atoms with Crippen LogP contribution in [0.1, 0.15) is 42.0 Å². The summed E-state index contributed by atoms with van der Waals surface area (Å²) in [6.07, 6.45) is 0. The minimum Gasteiger partial charge on any atom is -0.493 e. The highest BCUT2D eigenvalue weighted by molar-refractivity contribution is 7.10. The number of carbonyl (C=O) groups is 2. The molecule has 7 heteroatoms. The molecule has 1 aromatic carbocycles. The Balaban J connectivity index is 2.10. The predicted octanol–water partition coefficient (Wildman–Crippen LogP) is 3.49. The first-order valence-corrected chi connectivity index (χ1v) is 9.62. The lowest BCUT2D eigenvalue weighted by Gasteiger charge is -2.24. The summed E-state index contributed by atoms with van der Waals surface area (Å²) in [6.45, 7) is 5.64. The summed E-state index contributed by atoms with van der Waals surface area (Å²) in [4.78, 5) is 27.4. The normalized spacial score (nSPS) is 11.8. The van der Waals surface area contributed by atoms with E-state index in [1.54, 1.807) is 41.5 Å². The van der Waals surface area contributed by atoms with Gasteiger partial charge in [-0.2, -0.15) is 0 Å². The first-order chi connectivity index (χ1) is 12.8. The van der Waals surface area contributed by atoms with Crippen molar-refractivity contribution in [3.05, 3.63) is 46.2 Å². The maximum atomic E-state index is 12.8. The van der Waals surface area contributed by atoms with Crippen LogP contribution in [0.15, 0.2) is 35.7 Å². The van der Waals surface area contributed by atoms with Crippen molar-refractivity contribution in [2.24, 2.45) is 0 Å². The molecule has 1 unspecified atom stereocenters. The van der Waals surface area contributed by atoms with Gasteiger partial charge in [-0.3, -0.25) is 9.59 Å². The Morgan fingerprint density at radius 1 is 1.19 bits per heavy atom. The van der Waals surface area contributed by atoms with E-state index in [4.69, 9.17) is 9.47 Å². The molecular weight excluding hydrogens is 364 g/mol. The van der Waals surface area contributed by atoms with Gasteiger partial charge in [0.2, 0.25) is 0 Å². The van der Waals surface area contributed by atoms with Gasteiger partial charge < -0.3 is 19.7 Å². The zero-order valence-electron chi connectivity index (χ0n) is 16.3. The fourth-order valence-corrected chi connectivity index (χ4v) is 3.35. The SMILES string of the molecule is COc1cc(C(=O)N(C)C(C)c2cccs2)ccc1OCC(=O)NC(C)C. The van der Waals surface area contributed by atoms with Crippen molar-refractivity contribution in [2.75, 3.05) is 20.8 Å². The maximum Gasteiger partial charge on any atom is 0.258 e. The molecule has 1 heterocycles. The van der Waals surface area contributed by atoms with Crippen LogP contribution >= 0.6 is 11.3 Å². The summed E-state index contributed by atoms with van der Waals surface area (Å²) in [6, 6.07) is 8.97. The van der Waals surface area contributed by atoms with Crippen LogP contribution in [-0.4, -0.2) is 43.5 Å². The molecule has 146 valence electrons. The molecule has 0 saturated carbocycles. The van der Waals surface area contributed by atoms with Gasteiger partial charge >= 0.3 is 0 Å². The van der Waals surface area contributed by atoms with E-state index in [9.17, 15) is 9.59 Å². The van der Waals surface area contributed by atoms with E-state index in [2.05, 4.69) is 5.32 Å². The number of hydrogen-bond donors (Lipinski definition) is 1. The Kier molecular flexibility index (Phi) is 7.24. The van der Waals surface area contributed by atoms with Crippen LogP contribution in [0.5, 0.6) is 11.5 Å². The van der Waals surface area contributed by atoms with Crippen molar-refractivity contribution < 1.29 is 19.1 Å². The highest BCUT2D eigenvalue weighted by atomic mass is 32.1. The second kappa shape index (κ2) is 9.41. The van der Waals surface area contributed by atoms with E-state index >= 15 is 0 Å². The summed E-state index contributed by atoms with van der Waals surface area (Å²) in [5.41, 5.74) is 0.497. The van der Waals surface area contributed by atoms with Crippen LogP contribution in [0, 0.1) is 0 Å². The Hall–Kier alpha value is -2.54. The van der Waals surface area contributed by atoms with Crippen molar-refractivity contribution in [3.8, 4) is 11.5 Å². The number of ether oxygens (including phenoxy) is 2. The van der Waals surface area contributed by atoms with Crippen molar-refractivity contribution >= 4 is 23.2 Å². The van der Waals surface area contributed by atoms with Crippen LogP contribution in [0.25, 0.3) is 0 Å². The molecule has 2 aromatic rings. The quantitative estimate of drug-likeness (QED) is 0.749. The highest BCUT2D eigenvalue weighted by Gasteiger charge is 2.21. The molecule has 0 saturated heterocycles. The second-order valence-corrected chi connectivity index (χ2v) is 7.46. The van der Waals surface area contributed by atoms with Crippen molar-refractivity contribution in [1.29, 1.82) is 0 Å². The van der Waals surface area contributed by atoms with Crippen molar-refractivity contribution in [2.45, 2.75) is 32.9 Å². The number of methoxy groups -OCH3 is 1. The van der Waals surface area contributed by atoms with Gasteiger partial charge in [0.1, 0.15) is 0 Å². The summed E-state index contributed by atoms with van der Waals surface area (Å²) in [7, 11) is 3.28. The minimum atomic E-state index is -0.211. The van der Waals surface area contributed by atoms with Crippen LogP contribution in [0.4, 0.5) is 0 Å². The van der Waals surface area contributed by atoms with Gasteiger partial charge in [-0.25, -0.2) is 0 Å². The monoisotopic (exact) mass is 390 g/mol. The Morgan fingerprint density at radius 3 is 2.52 bits per heavy atom. The lowest BCUT2D eigenvalue weighted by molar-refractivity contribution is -0.123. The topological polar surface area (TPSA) is 67.9 Å². The third-order valence-corrected chi connectivity index (χ3v) is 5.12. The van der Waals surface area contributed by atoms with E-state index in [1.807, 2.05) is 38.3 Å². The molecule has 0 aliphatic carbocycles. The van der Waals surface area contributed by atoms with E-state index in [1.165, 1.54) is 7.11 Å². The zero-order chi connectivity index (χ0) is 20.0. The average Bonchev–Trinajstić information content (AvgIpc) is 3.18. The number of amides is 2. The Morgan fingerprint density at radius 2 is 1.93 bits per heavy atom. The molecule has 0 fully saturated rings. The summed E-state index contributed by atoms with van der Waals surface area (Å²) in [5, 5.41) is 4.75. The van der Waals surface area contributed by atoms with Gasteiger partial charge in [-0.05, 0) is 50.4 Å². The third kappa shape index (κ3) is 5.47. The van der Waals surface area contributed by atoms with Gasteiger partial charge in [0.15, 0.2) is 18.1 Å². The van der Waals surface area contributed by atoms with Gasteiger partial charge in [0.05, 0.1) is 13.2 Å². The molecule has 27 heavy (non-hydrogen) atoms. The second-order valence-electron chi connectivity index (χ2n) is 6.48. The lowest BCUT2D eigenvalue weighted by Crippen LogP contribution is -2.34. The first-order valence-electron chi connectivity index (χ1n) is 8.74. The first kappa shape index (κ1) is 20.8. The Labute approximate surface area is 164 Å². The number of carbonyl (C=O) groups excluding carboxylic acids is 2. The number of nitrogens with zero attached hydrogens (tertiary/aromatic N) is 1. The van der Waals surface area contributed by atoms with E-state index in [0.717, 1.165) is 4.88 Å². The molecule has 0 bridgehead atoms. The average molecular weight is 391 g/mol. The summed E-state index contributed by atoms with van der Waals surface area (Å²) < 4.78 is 10.9. The van der Waals surface area contributed by atoms with E-state index in [-0.39, 0.29) is 30.5 Å². The Bertz CT molecular complexity index is 774. The number of thiophene rings is 1. The van der Waals surface area contributed by atoms with Gasteiger partial charge in [-0.1, -0.05) is 6.07 Å². The summed E-state index contributed by atoms with van der Waals surface area (Å²) >= 11 is 1.62. The van der Waals surface area contributed by atoms with Gasteiger partial charge in [-0.15, -0.1) is 11.3 Å². The van der Waals surface area contributed by atoms with Gasteiger partial charge in [0, 0.05) is 23.5 Å². The minimum absolute atomic E-state index is 0.0286. The van der Waals surface area contributed by atoms with Crippen LogP contribution in [-0.2, 0) is 4.79 Å². The highest BCUT2D eigenvalue weighted by Crippen LogP contribution is 2.30. The molecule has 1 atom stereocenters. The largest absolute Gasteiger partial charge is 0.493 e. The molecule has 0 radical (unpaired) electrons. The molecular formula is C20H26N2O4S. The third-order valence-electron chi connectivity index (χ3n) is 4.08. The molecule has 6 nitrogen and oxygen atoms in total. The van der Waals surface area contributed by atoms with Crippen molar-refractivity contribution in [3.63, 3.8) is 0 Å². The van der Waals surface area contributed by atoms with E-state index < -0.39 is 0 Å². The van der Waals surface area contributed by atoms with Crippen LogP contribution < -0.4 is 14.8 Å². The molecule has 1 N–H and O–H groups in total. The van der Waals surface area contributed by atoms with Crippen molar-refractivity contribution in [1.82, 2.24) is 10.2 Å². The van der Waals surface area contributed by atoms with Gasteiger partial charge in [0.25, 0.3) is 11.8 Å². The number of benzene rings is 1. The number of hydrogen-bond acceptors (Lipinski definition) is 5. The molecule has 0 aliphatic rings. The zero-order valence-corrected chi connectivity index (χ0v) is 17.1. The fraction of sp³-hybridized carbons (Fsp3) is 0.400. The smallest absolute Gasteiger partial charge is 0.258 e. The number of rotatable bonds is 8. The predicted molar refractivity (Wildman–Crippen MR) is 107 cm³/mol. The number of nitrogens with one attached hydrogen (secondary N) is 1. The molecule has 2 amide bonds. The van der Waals surface area contributed by atoms with Crippen LogP contribution in [0.3, 0.4) is 0 Å². The standard InChI is InChI=1S/C20H26N2O4S/c1-13(2)21-19(23)12-26-16-9-8-15(11-17(16)25-5)20(24)22(4)14(3)18-7-6-10-27-18/h6-11,13-14H,12H2,1-5H3,(H,21,23).